The van der Waals surface area contributed by atoms with Gasteiger partial charge in [-0.1, -0.05) is 30.7 Å². The Morgan fingerprint density at radius 3 is 2.55 bits per heavy atom. The number of ether oxygens (including phenoxy) is 1. The Bertz CT molecular complexity index is 555. The molecule has 0 atom stereocenters. The van der Waals surface area contributed by atoms with E-state index in [9.17, 15) is 14.4 Å². The molecule has 0 aliphatic heterocycles. The Balaban J connectivity index is 2.31. The Hall–Kier alpha value is -2.34. The maximum atomic E-state index is 11.4. The first-order chi connectivity index (χ1) is 10.5. The summed E-state index contributed by atoms with van der Waals surface area (Å²) in [4.78, 5) is 34.0. The van der Waals surface area contributed by atoms with Gasteiger partial charge in [0.2, 0.25) is 0 Å². The monoisotopic (exact) mass is 324 g/mol. The number of hydrogen-bond donors (Lipinski definition) is 2. The van der Waals surface area contributed by atoms with Gasteiger partial charge in [-0.15, -0.1) is 0 Å². The van der Waals surface area contributed by atoms with Crippen LogP contribution in [-0.2, 0) is 14.3 Å². The average molecular weight is 325 g/mol. The van der Waals surface area contributed by atoms with Crippen LogP contribution in [0.1, 0.15) is 18.9 Å². The summed E-state index contributed by atoms with van der Waals surface area (Å²) >= 11 is 5.74. The molecule has 0 aromatic heterocycles. The van der Waals surface area contributed by atoms with E-state index in [0.29, 0.717) is 11.6 Å². The summed E-state index contributed by atoms with van der Waals surface area (Å²) in [5.74, 6) is -1.37. The van der Waals surface area contributed by atoms with Crippen molar-refractivity contribution in [2.45, 2.75) is 13.3 Å². The normalized spacial score (nSPS) is 10.3. The number of halogens is 1. The number of nitrogens with one attached hydrogen (secondary N) is 2. The second-order valence-electron chi connectivity index (χ2n) is 4.30. The fourth-order valence-corrected chi connectivity index (χ4v) is 1.49. The van der Waals surface area contributed by atoms with Crippen molar-refractivity contribution >= 4 is 35.6 Å². The molecule has 2 N–H and O–H groups in total. The number of imide groups is 1. The molecule has 1 rings (SSSR count). The highest BCUT2D eigenvalue weighted by atomic mass is 35.5. The molecule has 0 spiro atoms. The summed E-state index contributed by atoms with van der Waals surface area (Å²) < 4.78 is 4.71. The number of esters is 1. The lowest BCUT2D eigenvalue weighted by atomic mass is 10.2. The molecule has 0 unspecified atom stereocenters. The number of carbonyl (C=O) groups excluding carboxylic acids is 3. The van der Waals surface area contributed by atoms with Crippen LogP contribution in [0.3, 0.4) is 0 Å². The SMILES string of the molecule is CCCNC(=O)NC(=O)COC(=O)C=Cc1ccc(Cl)cc1. The molecular weight excluding hydrogens is 308 g/mol. The van der Waals surface area contributed by atoms with Crippen LogP contribution in [0.25, 0.3) is 6.08 Å². The van der Waals surface area contributed by atoms with Crippen LogP contribution in [0.2, 0.25) is 5.02 Å². The molecule has 0 bridgehead atoms. The molecule has 0 heterocycles. The molecule has 0 aliphatic rings. The minimum atomic E-state index is -0.693. The van der Waals surface area contributed by atoms with Crippen LogP contribution in [0.4, 0.5) is 4.79 Å². The summed E-state index contributed by atoms with van der Waals surface area (Å²) in [6, 6.07) is 6.23. The number of amides is 3. The van der Waals surface area contributed by atoms with E-state index in [2.05, 4.69) is 5.32 Å². The highest BCUT2D eigenvalue weighted by Crippen LogP contribution is 2.10. The van der Waals surface area contributed by atoms with Crippen LogP contribution in [0.15, 0.2) is 30.3 Å². The van der Waals surface area contributed by atoms with Gasteiger partial charge in [0.25, 0.3) is 5.91 Å². The van der Waals surface area contributed by atoms with Crippen molar-refractivity contribution in [3.05, 3.63) is 40.9 Å². The first-order valence-electron chi connectivity index (χ1n) is 6.69. The molecule has 6 nitrogen and oxygen atoms in total. The van der Waals surface area contributed by atoms with Crippen molar-refractivity contribution in [3.8, 4) is 0 Å². The van der Waals surface area contributed by atoms with Gasteiger partial charge in [-0.25, -0.2) is 9.59 Å². The second-order valence-corrected chi connectivity index (χ2v) is 4.73. The number of rotatable bonds is 6. The van der Waals surface area contributed by atoms with Crippen LogP contribution >= 0.6 is 11.6 Å². The second kappa shape index (κ2) is 9.57. The third-order valence-corrected chi connectivity index (χ3v) is 2.67. The first kappa shape index (κ1) is 17.7. The molecule has 3 amide bonds. The Morgan fingerprint density at radius 1 is 1.23 bits per heavy atom. The number of benzene rings is 1. The molecular formula is C15H17ClN2O4. The van der Waals surface area contributed by atoms with Gasteiger partial charge >= 0.3 is 12.0 Å². The highest BCUT2D eigenvalue weighted by Gasteiger charge is 2.08. The van der Waals surface area contributed by atoms with Crippen molar-refractivity contribution < 1.29 is 19.1 Å². The zero-order chi connectivity index (χ0) is 16.4. The van der Waals surface area contributed by atoms with E-state index in [1.807, 2.05) is 12.2 Å². The topological polar surface area (TPSA) is 84.5 Å². The van der Waals surface area contributed by atoms with E-state index in [-0.39, 0.29) is 0 Å². The third-order valence-electron chi connectivity index (χ3n) is 2.42. The van der Waals surface area contributed by atoms with E-state index in [4.69, 9.17) is 16.3 Å². The van der Waals surface area contributed by atoms with Crippen LogP contribution in [0.5, 0.6) is 0 Å². The van der Waals surface area contributed by atoms with Gasteiger partial charge in [0, 0.05) is 17.6 Å². The summed E-state index contributed by atoms with van der Waals surface area (Å²) in [5.41, 5.74) is 0.768. The molecule has 0 aliphatic carbocycles. The molecule has 7 heteroatoms. The Kier molecular flexibility index (Phi) is 7.70. The van der Waals surface area contributed by atoms with Crippen molar-refractivity contribution in [2.75, 3.05) is 13.2 Å². The Labute approximate surface area is 133 Å². The van der Waals surface area contributed by atoms with E-state index in [1.165, 1.54) is 12.2 Å². The molecule has 118 valence electrons. The molecule has 0 radical (unpaired) electrons. The minimum absolute atomic E-state index is 0.461. The number of carbonyl (C=O) groups is 3. The molecule has 1 aromatic carbocycles. The van der Waals surface area contributed by atoms with Gasteiger partial charge in [0.05, 0.1) is 0 Å². The van der Waals surface area contributed by atoms with E-state index < -0.39 is 24.5 Å². The fourth-order valence-electron chi connectivity index (χ4n) is 1.37. The third kappa shape index (κ3) is 7.44. The summed E-state index contributed by atoms with van der Waals surface area (Å²) in [7, 11) is 0. The van der Waals surface area contributed by atoms with Gasteiger partial charge in [-0.2, -0.15) is 0 Å². The van der Waals surface area contributed by atoms with Gasteiger partial charge in [-0.3, -0.25) is 10.1 Å². The maximum absolute atomic E-state index is 11.4. The lowest BCUT2D eigenvalue weighted by Crippen LogP contribution is -2.41. The quantitative estimate of drug-likeness (QED) is 0.620. The maximum Gasteiger partial charge on any atom is 0.331 e. The average Bonchev–Trinajstić information content (AvgIpc) is 2.50. The molecule has 22 heavy (non-hydrogen) atoms. The van der Waals surface area contributed by atoms with Crippen molar-refractivity contribution in [1.82, 2.24) is 10.6 Å². The van der Waals surface area contributed by atoms with Crippen LogP contribution < -0.4 is 10.6 Å². The number of urea groups is 1. The first-order valence-corrected chi connectivity index (χ1v) is 7.07. The molecule has 0 saturated heterocycles. The Morgan fingerprint density at radius 2 is 1.91 bits per heavy atom. The van der Waals surface area contributed by atoms with E-state index in [1.54, 1.807) is 24.3 Å². The fraction of sp³-hybridized carbons (Fsp3) is 0.267. The van der Waals surface area contributed by atoms with Crippen molar-refractivity contribution in [1.29, 1.82) is 0 Å². The van der Waals surface area contributed by atoms with Crippen LogP contribution in [0, 0.1) is 0 Å². The van der Waals surface area contributed by atoms with Gasteiger partial charge < -0.3 is 10.1 Å². The van der Waals surface area contributed by atoms with Crippen LogP contribution in [-0.4, -0.2) is 31.1 Å². The zero-order valence-corrected chi connectivity index (χ0v) is 12.9. The predicted molar refractivity (Wildman–Crippen MR) is 83.3 cm³/mol. The lowest BCUT2D eigenvalue weighted by Gasteiger charge is -2.05. The molecule has 1 aromatic rings. The smallest absolute Gasteiger partial charge is 0.331 e. The van der Waals surface area contributed by atoms with Crippen molar-refractivity contribution in [3.63, 3.8) is 0 Å². The van der Waals surface area contributed by atoms with Gasteiger partial charge in [0.15, 0.2) is 6.61 Å². The highest BCUT2D eigenvalue weighted by molar-refractivity contribution is 6.30. The molecule has 0 fully saturated rings. The predicted octanol–water partition coefficient (Wildman–Crippen LogP) is 2.13. The lowest BCUT2D eigenvalue weighted by molar-refractivity contribution is -0.143. The van der Waals surface area contributed by atoms with Gasteiger partial charge in [-0.05, 0) is 30.2 Å². The van der Waals surface area contributed by atoms with Gasteiger partial charge in [0.1, 0.15) is 0 Å². The number of hydrogen-bond acceptors (Lipinski definition) is 4. The summed E-state index contributed by atoms with van der Waals surface area (Å²) in [5, 5.41) is 5.11. The van der Waals surface area contributed by atoms with E-state index >= 15 is 0 Å². The summed E-state index contributed by atoms with van der Waals surface area (Å²) in [6.45, 7) is 1.82. The zero-order valence-electron chi connectivity index (χ0n) is 12.1. The molecule has 0 saturated carbocycles. The van der Waals surface area contributed by atoms with E-state index in [0.717, 1.165) is 12.0 Å². The standard InChI is InChI=1S/C15H17ClN2O4/c1-2-9-17-15(21)18-13(19)10-22-14(20)8-5-11-3-6-12(16)7-4-11/h3-8H,2,9-10H2,1H3,(H2,17,18,19,21). The van der Waals surface area contributed by atoms with Crippen molar-refractivity contribution in [2.24, 2.45) is 0 Å². The largest absolute Gasteiger partial charge is 0.452 e. The minimum Gasteiger partial charge on any atom is -0.452 e. The summed E-state index contributed by atoms with van der Waals surface area (Å²) in [6.07, 6.45) is 3.48.